The Balaban J connectivity index is 1.30. The highest BCUT2D eigenvalue weighted by Crippen LogP contribution is 2.36. The highest BCUT2D eigenvalue weighted by molar-refractivity contribution is 8.18. The maximum absolute atomic E-state index is 14.1. The molecule has 3 heterocycles. The molecule has 0 unspecified atom stereocenters. The van der Waals surface area contributed by atoms with Crippen LogP contribution < -0.4 is 9.47 Å². The fraction of sp³-hybridized carbons (Fsp3) is 0.222. The van der Waals surface area contributed by atoms with Crippen molar-refractivity contribution in [3.63, 3.8) is 0 Å². The van der Waals surface area contributed by atoms with Gasteiger partial charge in [-0.1, -0.05) is 30.3 Å². The van der Waals surface area contributed by atoms with Gasteiger partial charge in [-0.05, 0) is 71.6 Å². The number of benzene rings is 2. The number of amides is 3. The number of aromatic nitrogens is 2. The van der Waals surface area contributed by atoms with Crippen molar-refractivity contribution < 1.29 is 28.2 Å². The van der Waals surface area contributed by atoms with Crippen LogP contribution in [-0.4, -0.2) is 56.5 Å². The van der Waals surface area contributed by atoms with E-state index in [-0.39, 0.29) is 46.6 Å². The van der Waals surface area contributed by atoms with E-state index in [1.165, 1.54) is 17.7 Å². The number of fused-ring (bicyclic) bond motifs is 1. The van der Waals surface area contributed by atoms with Crippen LogP contribution in [0.15, 0.2) is 53.6 Å². The van der Waals surface area contributed by atoms with Gasteiger partial charge in [0.15, 0.2) is 11.5 Å². The van der Waals surface area contributed by atoms with Crippen molar-refractivity contribution in [3.8, 4) is 17.4 Å². The van der Waals surface area contributed by atoms with Gasteiger partial charge in [0, 0.05) is 13.1 Å². The van der Waals surface area contributed by atoms with E-state index in [4.69, 9.17) is 21.1 Å². The van der Waals surface area contributed by atoms with Gasteiger partial charge in [0.25, 0.3) is 17.0 Å². The lowest BCUT2D eigenvalue weighted by atomic mass is 10.00. The van der Waals surface area contributed by atoms with Gasteiger partial charge in [-0.2, -0.15) is 9.37 Å². The summed E-state index contributed by atoms with van der Waals surface area (Å²) in [5.74, 6) is -1.57. The van der Waals surface area contributed by atoms with Crippen LogP contribution in [0, 0.1) is 5.82 Å². The molecular weight excluding hydrogens is 547 g/mol. The summed E-state index contributed by atoms with van der Waals surface area (Å²) in [4.78, 5) is 48.7. The first-order chi connectivity index (χ1) is 18.8. The summed E-state index contributed by atoms with van der Waals surface area (Å²) in [5, 5.41) is -0.696. The first-order valence-corrected chi connectivity index (χ1v) is 13.2. The van der Waals surface area contributed by atoms with Crippen LogP contribution in [0.25, 0.3) is 6.08 Å². The van der Waals surface area contributed by atoms with Crippen LogP contribution >= 0.6 is 23.4 Å². The predicted molar refractivity (Wildman–Crippen MR) is 143 cm³/mol. The average Bonchev–Trinajstić information content (AvgIpc) is 3.19. The normalized spacial score (nSPS) is 16.0. The van der Waals surface area contributed by atoms with Crippen LogP contribution in [0.2, 0.25) is 5.28 Å². The summed E-state index contributed by atoms with van der Waals surface area (Å²) in [6.45, 7) is 2.70. The number of ether oxygens (including phenoxy) is 2. The van der Waals surface area contributed by atoms with Crippen LogP contribution in [0.3, 0.4) is 0 Å². The second kappa shape index (κ2) is 11.4. The Hall–Kier alpha value is -3.96. The van der Waals surface area contributed by atoms with Gasteiger partial charge in [0.1, 0.15) is 6.54 Å². The summed E-state index contributed by atoms with van der Waals surface area (Å²) in [6, 6.07) is 12.6. The molecule has 12 heteroatoms. The number of carbonyl (C=O) groups excluding carboxylic acids is 3. The largest absolute Gasteiger partial charge is 0.490 e. The van der Waals surface area contributed by atoms with Crippen LogP contribution in [0.1, 0.15) is 23.6 Å². The molecule has 39 heavy (non-hydrogen) atoms. The lowest BCUT2D eigenvalue weighted by Gasteiger charge is -2.29. The molecule has 0 N–H and O–H groups in total. The fourth-order valence-corrected chi connectivity index (χ4v) is 5.17. The second-order valence-electron chi connectivity index (χ2n) is 8.64. The van der Waals surface area contributed by atoms with E-state index in [0.717, 1.165) is 34.8 Å². The molecular formula is C27H22ClFN4O5S. The summed E-state index contributed by atoms with van der Waals surface area (Å²) >= 11 is 6.50. The molecule has 3 amide bonds. The van der Waals surface area contributed by atoms with Gasteiger partial charge in [-0.25, -0.2) is 4.98 Å². The van der Waals surface area contributed by atoms with Crippen molar-refractivity contribution in [1.29, 1.82) is 0 Å². The molecule has 1 saturated heterocycles. The molecule has 200 valence electrons. The molecule has 9 nitrogen and oxygen atoms in total. The van der Waals surface area contributed by atoms with E-state index in [9.17, 15) is 18.8 Å². The molecule has 2 aliphatic heterocycles. The van der Waals surface area contributed by atoms with Gasteiger partial charge in [-0.15, -0.1) is 0 Å². The maximum Gasteiger partial charge on any atom is 0.294 e. The Morgan fingerprint density at radius 1 is 1.18 bits per heavy atom. The van der Waals surface area contributed by atoms with Crippen molar-refractivity contribution in [2.75, 3.05) is 19.7 Å². The molecule has 0 spiro atoms. The summed E-state index contributed by atoms with van der Waals surface area (Å²) in [6.07, 6.45) is 3.15. The number of hydrogen-bond acceptors (Lipinski definition) is 8. The van der Waals surface area contributed by atoms with E-state index in [2.05, 4.69) is 9.97 Å². The molecule has 0 atom stereocenters. The highest BCUT2D eigenvalue weighted by atomic mass is 35.5. The van der Waals surface area contributed by atoms with E-state index in [1.807, 2.05) is 24.3 Å². The number of halogens is 2. The molecule has 2 aliphatic rings. The third-order valence-corrected chi connectivity index (χ3v) is 7.19. The fourth-order valence-electron chi connectivity index (χ4n) is 4.21. The zero-order chi connectivity index (χ0) is 27.5. The minimum atomic E-state index is -0.803. The number of nitrogens with zero attached hydrogens (tertiary/aromatic N) is 4. The Morgan fingerprint density at radius 3 is 2.77 bits per heavy atom. The van der Waals surface area contributed by atoms with Gasteiger partial charge in [0.2, 0.25) is 17.0 Å². The van der Waals surface area contributed by atoms with E-state index in [0.29, 0.717) is 18.7 Å². The van der Waals surface area contributed by atoms with Crippen LogP contribution in [-0.2, 0) is 22.6 Å². The second-order valence-corrected chi connectivity index (χ2v) is 9.97. The molecule has 0 radical (unpaired) electrons. The van der Waals surface area contributed by atoms with Crippen molar-refractivity contribution in [3.05, 3.63) is 81.4 Å². The number of carbonyl (C=O) groups is 3. The van der Waals surface area contributed by atoms with Crippen LogP contribution in [0.4, 0.5) is 9.18 Å². The Labute approximate surface area is 232 Å². The number of rotatable bonds is 7. The van der Waals surface area contributed by atoms with Gasteiger partial charge >= 0.3 is 0 Å². The maximum atomic E-state index is 14.1. The quantitative estimate of drug-likeness (QED) is 0.287. The third-order valence-electron chi connectivity index (χ3n) is 6.10. The molecule has 0 saturated carbocycles. The predicted octanol–water partition coefficient (Wildman–Crippen LogP) is 5.08. The number of imide groups is 1. The first-order valence-electron chi connectivity index (χ1n) is 12.0. The molecule has 1 fully saturated rings. The van der Waals surface area contributed by atoms with Crippen molar-refractivity contribution in [1.82, 2.24) is 19.8 Å². The summed E-state index contributed by atoms with van der Waals surface area (Å²) in [5.41, 5.74) is 2.80. The molecule has 0 bridgehead atoms. The van der Waals surface area contributed by atoms with E-state index >= 15 is 0 Å². The van der Waals surface area contributed by atoms with Crippen molar-refractivity contribution in [2.24, 2.45) is 0 Å². The van der Waals surface area contributed by atoms with Gasteiger partial charge in [-0.3, -0.25) is 19.3 Å². The topological polar surface area (TPSA) is 102 Å². The lowest BCUT2D eigenvalue weighted by Crippen LogP contribution is -2.44. The van der Waals surface area contributed by atoms with E-state index < -0.39 is 17.0 Å². The number of thioether (sulfide) groups is 1. The number of hydrogen-bond donors (Lipinski definition) is 0. The Bertz CT molecular complexity index is 1500. The van der Waals surface area contributed by atoms with Crippen LogP contribution in [0.5, 0.6) is 17.4 Å². The molecule has 3 aromatic rings. The molecule has 0 aliphatic carbocycles. The monoisotopic (exact) mass is 568 g/mol. The zero-order valence-corrected chi connectivity index (χ0v) is 22.3. The minimum Gasteiger partial charge on any atom is -0.490 e. The highest BCUT2D eigenvalue weighted by Gasteiger charge is 2.37. The van der Waals surface area contributed by atoms with Crippen molar-refractivity contribution in [2.45, 2.75) is 19.9 Å². The summed E-state index contributed by atoms with van der Waals surface area (Å²) < 4.78 is 25.2. The molecule has 5 rings (SSSR count). The summed E-state index contributed by atoms with van der Waals surface area (Å²) in [7, 11) is 0. The first kappa shape index (κ1) is 26.6. The molecule has 2 aromatic carbocycles. The van der Waals surface area contributed by atoms with Gasteiger partial charge in [0.05, 0.1) is 17.7 Å². The van der Waals surface area contributed by atoms with Crippen molar-refractivity contribution >= 4 is 46.5 Å². The Kier molecular flexibility index (Phi) is 7.80. The van der Waals surface area contributed by atoms with E-state index in [1.54, 1.807) is 24.0 Å². The molecule has 1 aromatic heterocycles. The lowest BCUT2D eigenvalue weighted by molar-refractivity contribution is -0.136. The van der Waals surface area contributed by atoms with Gasteiger partial charge < -0.3 is 14.4 Å². The minimum absolute atomic E-state index is 0.168. The SMILES string of the molecule is CCOc1cc(/C=C2/SC(=O)N(CC(=O)N3CCc4ccccc4C3)C2=O)ccc1Oc1nc(Cl)ncc1F. The third kappa shape index (κ3) is 5.89. The average molecular weight is 569 g/mol. The zero-order valence-electron chi connectivity index (χ0n) is 20.7. The Morgan fingerprint density at radius 2 is 1.97 bits per heavy atom. The standard InChI is InChI=1S/C27H22ClFN4O5S/c1-2-37-21-11-16(7-8-20(21)38-24-19(29)13-30-26(28)31-24)12-22-25(35)33(27(36)39-22)15-23(34)32-10-9-17-5-3-4-6-18(17)14-32/h3-8,11-13H,2,9-10,14-15H2,1H3/b22-12+. The smallest absolute Gasteiger partial charge is 0.294 e.